The van der Waals surface area contributed by atoms with Crippen molar-refractivity contribution in [2.24, 2.45) is 5.92 Å². The minimum atomic E-state index is 0.161. The number of nitriles is 1. The van der Waals surface area contributed by atoms with E-state index in [9.17, 15) is 0 Å². The summed E-state index contributed by atoms with van der Waals surface area (Å²) in [6.45, 7) is 0.765. The Morgan fingerprint density at radius 3 is 3.06 bits per heavy atom. The summed E-state index contributed by atoms with van der Waals surface area (Å²) >= 11 is 3.54. The Labute approximate surface area is 116 Å². The molecule has 1 aromatic rings. The number of hydrogen-bond acceptors (Lipinski definition) is 3. The predicted molar refractivity (Wildman–Crippen MR) is 74.3 cm³/mol. The molecule has 0 saturated heterocycles. The van der Waals surface area contributed by atoms with Gasteiger partial charge in [-0.25, -0.2) is 0 Å². The van der Waals surface area contributed by atoms with Gasteiger partial charge in [-0.15, -0.1) is 0 Å². The molecule has 0 aromatic heterocycles. The maximum atomic E-state index is 9.05. The minimum Gasteiger partial charge on any atom is -0.497 e. The molecule has 1 N–H and O–H groups in total. The predicted octanol–water partition coefficient (Wildman–Crippen LogP) is 3.24. The number of halogens is 1. The van der Waals surface area contributed by atoms with Crippen LogP contribution in [0, 0.1) is 17.2 Å². The Bertz CT molecular complexity index is 456. The van der Waals surface area contributed by atoms with Crippen molar-refractivity contribution in [2.75, 3.05) is 7.11 Å². The van der Waals surface area contributed by atoms with Crippen molar-refractivity contribution in [3.63, 3.8) is 0 Å². The molecule has 0 aliphatic heterocycles. The van der Waals surface area contributed by atoms with Gasteiger partial charge in [0.05, 0.1) is 19.1 Å². The van der Waals surface area contributed by atoms with Gasteiger partial charge in [0.25, 0.3) is 0 Å². The van der Waals surface area contributed by atoms with E-state index in [1.165, 1.54) is 0 Å². The van der Waals surface area contributed by atoms with Crippen molar-refractivity contribution in [3.05, 3.63) is 28.2 Å². The van der Waals surface area contributed by atoms with Gasteiger partial charge < -0.3 is 10.1 Å². The van der Waals surface area contributed by atoms with Crippen molar-refractivity contribution in [1.29, 1.82) is 5.26 Å². The van der Waals surface area contributed by atoms with Crippen LogP contribution in [0.5, 0.6) is 5.75 Å². The number of nitrogens with zero attached hydrogens (tertiary/aromatic N) is 1. The highest BCUT2D eigenvalue weighted by Gasteiger charge is 2.26. The van der Waals surface area contributed by atoms with Crippen molar-refractivity contribution >= 4 is 15.9 Å². The zero-order chi connectivity index (χ0) is 13.0. The summed E-state index contributed by atoms with van der Waals surface area (Å²) in [5.74, 6) is 1.02. The quantitative estimate of drug-likeness (QED) is 0.928. The molecule has 2 rings (SSSR count). The molecule has 1 aliphatic rings. The summed E-state index contributed by atoms with van der Waals surface area (Å²) in [5.41, 5.74) is 1.16. The number of hydrogen-bond donors (Lipinski definition) is 1. The van der Waals surface area contributed by atoms with Crippen LogP contribution in [0.1, 0.15) is 24.8 Å². The molecule has 1 aromatic carbocycles. The lowest BCUT2D eigenvalue weighted by Crippen LogP contribution is -2.31. The first-order valence-electron chi connectivity index (χ1n) is 6.20. The van der Waals surface area contributed by atoms with E-state index in [1.54, 1.807) is 7.11 Å². The number of rotatable bonds is 4. The summed E-state index contributed by atoms with van der Waals surface area (Å²) in [4.78, 5) is 0. The Kier molecular flexibility index (Phi) is 4.62. The van der Waals surface area contributed by atoms with Crippen molar-refractivity contribution < 1.29 is 4.74 Å². The van der Waals surface area contributed by atoms with Gasteiger partial charge in [-0.2, -0.15) is 5.26 Å². The van der Waals surface area contributed by atoms with Gasteiger partial charge in [0.2, 0.25) is 0 Å². The molecule has 0 radical (unpaired) electrons. The largest absolute Gasteiger partial charge is 0.497 e. The van der Waals surface area contributed by atoms with E-state index >= 15 is 0 Å². The fraction of sp³-hybridized carbons (Fsp3) is 0.500. The van der Waals surface area contributed by atoms with Crippen LogP contribution in [0.25, 0.3) is 0 Å². The number of methoxy groups -OCH3 is 1. The first kappa shape index (κ1) is 13.4. The topological polar surface area (TPSA) is 45.0 Å². The second kappa shape index (κ2) is 6.21. The Balaban J connectivity index is 1.99. The van der Waals surface area contributed by atoms with Crippen LogP contribution in [0.3, 0.4) is 0 Å². The summed E-state index contributed by atoms with van der Waals surface area (Å²) < 4.78 is 6.29. The Morgan fingerprint density at radius 1 is 1.50 bits per heavy atom. The molecule has 18 heavy (non-hydrogen) atoms. The molecular formula is C14H17BrN2O. The lowest BCUT2D eigenvalue weighted by atomic mass is 10.1. The summed E-state index contributed by atoms with van der Waals surface area (Å²) in [7, 11) is 1.67. The van der Waals surface area contributed by atoms with Crippen LogP contribution in [-0.4, -0.2) is 13.2 Å². The van der Waals surface area contributed by atoms with Crippen molar-refractivity contribution in [1.82, 2.24) is 5.32 Å². The van der Waals surface area contributed by atoms with Crippen LogP contribution in [0.15, 0.2) is 22.7 Å². The van der Waals surface area contributed by atoms with Crippen molar-refractivity contribution in [2.45, 2.75) is 31.8 Å². The summed E-state index contributed by atoms with van der Waals surface area (Å²) in [6.07, 6.45) is 3.27. The Morgan fingerprint density at radius 2 is 2.33 bits per heavy atom. The zero-order valence-corrected chi connectivity index (χ0v) is 12.0. The molecule has 0 bridgehead atoms. The number of benzene rings is 1. The van der Waals surface area contributed by atoms with E-state index in [0.29, 0.717) is 6.04 Å². The van der Waals surface area contributed by atoms with Crippen LogP contribution >= 0.6 is 15.9 Å². The molecule has 4 heteroatoms. The molecular weight excluding hydrogens is 292 g/mol. The van der Waals surface area contributed by atoms with Crippen LogP contribution in [0.2, 0.25) is 0 Å². The molecule has 0 spiro atoms. The molecule has 2 unspecified atom stereocenters. The first-order chi connectivity index (χ1) is 8.74. The third kappa shape index (κ3) is 3.04. The molecule has 2 atom stereocenters. The van der Waals surface area contributed by atoms with E-state index in [1.807, 2.05) is 18.2 Å². The standard InChI is InChI=1S/C14H17BrN2O/c1-18-12-5-6-13(15)11(7-12)9-17-14-4-2-3-10(14)8-16/h5-7,10,14,17H,2-4,9H2,1H3. The lowest BCUT2D eigenvalue weighted by molar-refractivity contribution is 0.413. The fourth-order valence-electron chi connectivity index (χ4n) is 2.41. The van der Waals surface area contributed by atoms with Gasteiger partial charge >= 0.3 is 0 Å². The second-order valence-electron chi connectivity index (χ2n) is 4.61. The van der Waals surface area contributed by atoms with E-state index in [2.05, 4.69) is 27.3 Å². The third-order valence-electron chi connectivity index (χ3n) is 3.49. The first-order valence-corrected chi connectivity index (χ1v) is 6.99. The lowest BCUT2D eigenvalue weighted by Gasteiger charge is -2.16. The molecule has 0 heterocycles. The van der Waals surface area contributed by atoms with Gasteiger partial charge in [0.15, 0.2) is 0 Å². The molecule has 0 amide bonds. The third-order valence-corrected chi connectivity index (χ3v) is 4.26. The zero-order valence-electron chi connectivity index (χ0n) is 10.4. The van der Waals surface area contributed by atoms with Crippen molar-refractivity contribution in [3.8, 4) is 11.8 Å². The molecule has 1 fully saturated rings. The van der Waals surface area contributed by atoms with Gasteiger partial charge in [-0.3, -0.25) is 0 Å². The van der Waals surface area contributed by atoms with Crippen LogP contribution in [-0.2, 0) is 6.54 Å². The summed E-state index contributed by atoms with van der Waals surface area (Å²) in [6, 6.07) is 8.66. The Hall–Kier alpha value is -1.05. The monoisotopic (exact) mass is 308 g/mol. The van der Waals surface area contributed by atoms with E-state index in [0.717, 1.165) is 41.6 Å². The van der Waals surface area contributed by atoms with Crippen LogP contribution in [0.4, 0.5) is 0 Å². The summed E-state index contributed by atoms with van der Waals surface area (Å²) in [5, 5.41) is 12.5. The average molecular weight is 309 g/mol. The molecule has 1 aliphatic carbocycles. The van der Waals surface area contributed by atoms with Gasteiger partial charge in [-0.1, -0.05) is 22.4 Å². The molecule has 1 saturated carbocycles. The minimum absolute atomic E-state index is 0.161. The van der Waals surface area contributed by atoms with Gasteiger partial charge in [0.1, 0.15) is 5.75 Å². The van der Waals surface area contributed by atoms with Crippen LogP contribution < -0.4 is 10.1 Å². The smallest absolute Gasteiger partial charge is 0.119 e. The SMILES string of the molecule is COc1ccc(Br)c(CNC2CCCC2C#N)c1. The van der Waals surface area contributed by atoms with E-state index < -0.39 is 0 Å². The van der Waals surface area contributed by atoms with Gasteiger partial charge in [0, 0.05) is 17.1 Å². The van der Waals surface area contributed by atoms with E-state index in [-0.39, 0.29) is 5.92 Å². The molecule has 3 nitrogen and oxygen atoms in total. The molecule has 96 valence electrons. The average Bonchev–Trinajstić information content (AvgIpc) is 2.85. The highest BCUT2D eigenvalue weighted by atomic mass is 79.9. The maximum absolute atomic E-state index is 9.05. The normalized spacial score (nSPS) is 22.7. The number of ether oxygens (including phenoxy) is 1. The number of nitrogens with one attached hydrogen (secondary N) is 1. The maximum Gasteiger partial charge on any atom is 0.119 e. The van der Waals surface area contributed by atoms with Gasteiger partial charge in [-0.05, 0) is 36.6 Å². The second-order valence-corrected chi connectivity index (χ2v) is 5.47. The highest BCUT2D eigenvalue weighted by Crippen LogP contribution is 2.27. The highest BCUT2D eigenvalue weighted by molar-refractivity contribution is 9.10. The van der Waals surface area contributed by atoms with E-state index in [4.69, 9.17) is 10.00 Å². The fourth-order valence-corrected chi connectivity index (χ4v) is 2.80.